The second kappa shape index (κ2) is 6.83. The maximum Gasteiger partial charge on any atom is 0.422 e. The molecular formula is C15H13F3O9. The normalized spacial score (nSPS) is 33.4. The van der Waals surface area contributed by atoms with Crippen LogP contribution in [0, 0.1) is 11.8 Å². The van der Waals surface area contributed by atoms with Gasteiger partial charge in [0.15, 0.2) is 25.4 Å². The third kappa shape index (κ3) is 3.61. The molecule has 0 spiro atoms. The first kappa shape index (κ1) is 19.1. The first-order chi connectivity index (χ1) is 12.6. The van der Waals surface area contributed by atoms with Crippen LogP contribution in [0.5, 0.6) is 0 Å². The third-order valence-corrected chi connectivity index (χ3v) is 4.32. The smallest absolute Gasteiger partial charge is 0.422 e. The molecule has 148 valence electrons. The largest absolute Gasteiger partial charge is 0.456 e. The monoisotopic (exact) mass is 394 g/mol. The predicted octanol–water partition coefficient (Wildman–Crippen LogP) is -0.328. The molecule has 3 rings (SSSR count). The van der Waals surface area contributed by atoms with Gasteiger partial charge < -0.3 is 23.7 Å². The van der Waals surface area contributed by atoms with Crippen LogP contribution in [0.1, 0.15) is 0 Å². The van der Waals surface area contributed by atoms with Gasteiger partial charge in [0.1, 0.15) is 24.0 Å². The number of fused-ring (bicyclic) bond motifs is 1. The van der Waals surface area contributed by atoms with Crippen molar-refractivity contribution in [1.29, 1.82) is 0 Å². The minimum Gasteiger partial charge on any atom is -0.456 e. The third-order valence-electron chi connectivity index (χ3n) is 4.32. The molecule has 6 atom stereocenters. The van der Waals surface area contributed by atoms with Crippen LogP contribution in [0.25, 0.3) is 0 Å². The molecule has 6 unspecified atom stereocenters. The number of halogens is 3. The molecule has 27 heavy (non-hydrogen) atoms. The maximum atomic E-state index is 12.3. The predicted molar refractivity (Wildman–Crippen MR) is 73.6 cm³/mol. The summed E-state index contributed by atoms with van der Waals surface area (Å²) >= 11 is 0. The summed E-state index contributed by atoms with van der Waals surface area (Å²) in [5, 5.41) is 0. The minimum absolute atomic E-state index is 0.772. The number of alkyl halides is 3. The van der Waals surface area contributed by atoms with E-state index < -0.39 is 79.5 Å². The van der Waals surface area contributed by atoms with Gasteiger partial charge in [0.05, 0.1) is 0 Å². The number of carbonyl (C=O) groups excluding carboxylic acids is 4. The molecule has 3 heterocycles. The molecule has 0 saturated carbocycles. The van der Waals surface area contributed by atoms with Crippen LogP contribution >= 0.6 is 0 Å². The average Bonchev–Trinajstić information content (AvgIpc) is 3.20. The lowest BCUT2D eigenvalue weighted by molar-refractivity contribution is -0.192. The van der Waals surface area contributed by atoms with Crippen LogP contribution in [0.15, 0.2) is 12.7 Å². The zero-order valence-corrected chi connectivity index (χ0v) is 13.5. The zero-order valence-electron chi connectivity index (χ0n) is 13.5. The van der Waals surface area contributed by atoms with Gasteiger partial charge in [-0.3, -0.25) is 9.59 Å². The van der Waals surface area contributed by atoms with E-state index in [4.69, 9.17) is 14.2 Å². The molecule has 3 saturated heterocycles. The van der Waals surface area contributed by atoms with Gasteiger partial charge in [0, 0.05) is 6.08 Å². The summed E-state index contributed by atoms with van der Waals surface area (Å²) in [6.45, 7) is 0.542. The van der Waals surface area contributed by atoms with E-state index >= 15 is 0 Å². The number of hydrogen-bond donors (Lipinski definition) is 0. The number of hydrogen-bond acceptors (Lipinski definition) is 9. The van der Waals surface area contributed by atoms with Gasteiger partial charge in [-0.2, -0.15) is 13.2 Å². The van der Waals surface area contributed by atoms with Crippen molar-refractivity contribution in [3.8, 4) is 0 Å². The van der Waals surface area contributed by atoms with Crippen LogP contribution in [0.3, 0.4) is 0 Å². The maximum absolute atomic E-state index is 12.3. The fourth-order valence-corrected chi connectivity index (χ4v) is 3.36. The Morgan fingerprint density at radius 1 is 1.15 bits per heavy atom. The second-order valence-corrected chi connectivity index (χ2v) is 6.01. The van der Waals surface area contributed by atoms with Crippen molar-refractivity contribution in [2.24, 2.45) is 11.8 Å². The standard InChI is InChI=1S/C15H13F3O9/c1-2-5(19)23-3-6(20)25-11-9-7(13(21)24-4-15(16,17)18)8-10(26-9)12(11)27-14(8)22/h2,7-12H,1,3-4H2. The topological polar surface area (TPSA) is 114 Å². The van der Waals surface area contributed by atoms with Crippen molar-refractivity contribution in [2.75, 3.05) is 13.2 Å². The summed E-state index contributed by atoms with van der Waals surface area (Å²) in [6.07, 6.45) is -8.32. The number of ether oxygens (including phenoxy) is 5. The van der Waals surface area contributed by atoms with E-state index in [1.165, 1.54) is 0 Å². The molecule has 0 radical (unpaired) electrons. The van der Waals surface area contributed by atoms with E-state index in [1.807, 2.05) is 0 Å². The Morgan fingerprint density at radius 2 is 1.85 bits per heavy atom. The van der Waals surface area contributed by atoms with Crippen LogP contribution in [-0.4, -0.2) is 67.7 Å². The van der Waals surface area contributed by atoms with Gasteiger partial charge in [-0.15, -0.1) is 0 Å². The van der Waals surface area contributed by atoms with Crippen LogP contribution in [0.4, 0.5) is 13.2 Å². The molecule has 3 fully saturated rings. The highest BCUT2D eigenvalue weighted by Gasteiger charge is 2.72. The SMILES string of the molecule is C=CC(=O)OCC(=O)OC1C2OC(=O)C3C2OC1C3C(=O)OCC(F)(F)F. The molecule has 0 aromatic heterocycles. The Bertz CT molecular complexity index is 689. The number of esters is 4. The molecule has 0 aliphatic carbocycles. The van der Waals surface area contributed by atoms with E-state index in [9.17, 15) is 32.3 Å². The van der Waals surface area contributed by atoms with Crippen molar-refractivity contribution in [3.05, 3.63) is 12.7 Å². The van der Waals surface area contributed by atoms with Gasteiger partial charge in [0.2, 0.25) is 0 Å². The first-order valence-corrected chi connectivity index (χ1v) is 7.70. The first-order valence-electron chi connectivity index (χ1n) is 7.70. The number of rotatable bonds is 6. The zero-order chi connectivity index (χ0) is 19.9. The van der Waals surface area contributed by atoms with Crippen molar-refractivity contribution < 1.29 is 56.0 Å². The summed E-state index contributed by atoms with van der Waals surface area (Å²) in [5.74, 6) is -6.59. The molecule has 0 amide bonds. The van der Waals surface area contributed by atoms with Crippen molar-refractivity contribution in [2.45, 2.75) is 30.6 Å². The highest BCUT2D eigenvalue weighted by molar-refractivity contribution is 5.87. The van der Waals surface area contributed by atoms with Gasteiger partial charge in [-0.1, -0.05) is 6.58 Å². The van der Waals surface area contributed by atoms with E-state index in [0.717, 1.165) is 6.08 Å². The Labute approximate surface area is 149 Å². The van der Waals surface area contributed by atoms with Gasteiger partial charge in [-0.25, -0.2) is 9.59 Å². The van der Waals surface area contributed by atoms with Crippen molar-refractivity contribution in [3.63, 3.8) is 0 Å². The lowest BCUT2D eigenvalue weighted by Gasteiger charge is -2.27. The molecular weight excluding hydrogens is 381 g/mol. The quantitative estimate of drug-likeness (QED) is 0.339. The Balaban J connectivity index is 1.68. The molecule has 9 nitrogen and oxygen atoms in total. The molecule has 12 heteroatoms. The number of carbonyl (C=O) groups is 4. The van der Waals surface area contributed by atoms with Crippen LogP contribution < -0.4 is 0 Å². The van der Waals surface area contributed by atoms with Crippen molar-refractivity contribution in [1.82, 2.24) is 0 Å². The van der Waals surface area contributed by atoms with E-state index in [2.05, 4.69) is 16.1 Å². The average molecular weight is 394 g/mol. The highest BCUT2D eigenvalue weighted by atomic mass is 19.4. The van der Waals surface area contributed by atoms with Gasteiger partial charge in [-0.05, 0) is 0 Å². The fourth-order valence-electron chi connectivity index (χ4n) is 3.36. The second-order valence-electron chi connectivity index (χ2n) is 6.01. The van der Waals surface area contributed by atoms with Crippen molar-refractivity contribution >= 4 is 23.9 Å². The Kier molecular flexibility index (Phi) is 4.84. The van der Waals surface area contributed by atoms with E-state index in [1.54, 1.807) is 0 Å². The summed E-state index contributed by atoms with van der Waals surface area (Å²) in [5.41, 5.74) is 0. The summed E-state index contributed by atoms with van der Waals surface area (Å²) in [6, 6.07) is 0. The molecule has 3 aliphatic heterocycles. The van der Waals surface area contributed by atoms with E-state index in [-0.39, 0.29) is 0 Å². The summed E-state index contributed by atoms with van der Waals surface area (Å²) in [7, 11) is 0. The van der Waals surface area contributed by atoms with Gasteiger partial charge >= 0.3 is 30.1 Å². The molecule has 0 N–H and O–H groups in total. The molecule has 0 aromatic rings. The van der Waals surface area contributed by atoms with Crippen LogP contribution in [0.2, 0.25) is 0 Å². The van der Waals surface area contributed by atoms with Gasteiger partial charge in [0.25, 0.3) is 0 Å². The van der Waals surface area contributed by atoms with Crippen LogP contribution in [-0.2, 0) is 42.9 Å². The molecule has 0 aromatic carbocycles. The molecule has 2 bridgehead atoms. The Hall–Kier alpha value is -2.63. The lowest BCUT2D eigenvalue weighted by Crippen LogP contribution is -2.48. The highest BCUT2D eigenvalue weighted by Crippen LogP contribution is 2.51. The lowest BCUT2D eigenvalue weighted by atomic mass is 9.78. The van der Waals surface area contributed by atoms with E-state index in [0.29, 0.717) is 0 Å². The summed E-state index contributed by atoms with van der Waals surface area (Å²) < 4.78 is 61.0. The minimum atomic E-state index is -4.74. The Morgan fingerprint density at radius 3 is 2.48 bits per heavy atom. The molecule has 3 aliphatic rings. The summed E-state index contributed by atoms with van der Waals surface area (Å²) in [4.78, 5) is 46.8. The fraction of sp³-hybridized carbons (Fsp3) is 0.600.